The van der Waals surface area contributed by atoms with E-state index in [0.29, 0.717) is 32.7 Å². The van der Waals surface area contributed by atoms with Crippen molar-refractivity contribution in [3.05, 3.63) is 23.8 Å². The minimum absolute atomic E-state index is 0.0902. The SMILES string of the molecule is N/C(CN1CCN(C(=O)c2ccc(O)cc2O)CC1)=N/O. The van der Waals surface area contributed by atoms with E-state index < -0.39 is 0 Å². The molecule has 0 spiro atoms. The average molecular weight is 294 g/mol. The van der Waals surface area contributed by atoms with E-state index in [1.807, 2.05) is 4.90 Å². The van der Waals surface area contributed by atoms with Crippen molar-refractivity contribution in [3.8, 4) is 11.5 Å². The van der Waals surface area contributed by atoms with Crippen LogP contribution in [0.4, 0.5) is 0 Å². The molecule has 1 heterocycles. The molecule has 0 aromatic heterocycles. The van der Waals surface area contributed by atoms with Gasteiger partial charge in [0.15, 0.2) is 5.84 Å². The fraction of sp³-hybridized carbons (Fsp3) is 0.385. The van der Waals surface area contributed by atoms with Gasteiger partial charge in [-0.25, -0.2) is 0 Å². The van der Waals surface area contributed by atoms with Gasteiger partial charge in [0.2, 0.25) is 0 Å². The average Bonchev–Trinajstić information content (AvgIpc) is 2.47. The smallest absolute Gasteiger partial charge is 0.257 e. The number of amidine groups is 1. The molecule has 8 heteroatoms. The van der Waals surface area contributed by atoms with Crippen LogP contribution in [0.1, 0.15) is 10.4 Å². The lowest BCUT2D eigenvalue weighted by molar-refractivity contribution is 0.0650. The van der Waals surface area contributed by atoms with E-state index in [1.165, 1.54) is 12.1 Å². The van der Waals surface area contributed by atoms with Crippen LogP contribution in [-0.4, -0.2) is 69.7 Å². The van der Waals surface area contributed by atoms with E-state index in [0.717, 1.165) is 6.07 Å². The molecule has 1 aromatic carbocycles. The highest BCUT2D eigenvalue weighted by molar-refractivity contribution is 5.97. The molecule has 2 rings (SSSR count). The first-order chi connectivity index (χ1) is 10.0. The maximum Gasteiger partial charge on any atom is 0.257 e. The lowest BCUT2D eigenvalue weighted by Gasteiger charge is -2.34. The Balaban J connectivity index is 1.97. The van der Waals surface area contributed by atoms with Crippen molar-refractivity contribution in [1.29, 1.82) is 0 Å². The van der Waals surface area contributed by atoms with Crippen LogP contribution < -0.4 is 5.73 Å². The predicted molar refractivity (Wildman–Crippen MR) is 75.5 cm³/mol. The van der Waals surface area contributed by atoms with Crippen molar-refractivity contribution in [2.24, 2.45) is 10.9 Å². The van der Waals surface area contributed by atoms with E-state index in [1.54, 1.807) is 4.90 Å². The molecule has 21 heavy (non-hydrogen) atoms. The summed E-state index contributed by atoms with van der Waals surface area (Å²) in [4.78, 5) is 15.9. The van der Waals surface area contributed by atoms with Crippen molar-refractivity contribution >= 4 is 11.7 Å². The fourth-order valence-corrected chi connectivity index (χ4v) is 2.24. The Labute approximate surface area is 121 Å². The molecular formula is C13H18N4O4. The highest BCUT2D eigenvalue weighted by atomic mass is 16.4. The largest absolute Gasteiger partial charge is 0.508 e. The fourth-order valence-electron chi connectivity index (χ4n) is 2.24. The normalized spacial score (nSPS) is 17.0. The summed E-state index contributed by atoms with van der Waals surface area (Å²) >= 11 is 0. The minimum atomic E-state index is -0.282. The number of carbonyl (C=O) groups is 1. The molecule has 8 nitrogen and oxygen atoms in total. The molecule has 0 bridgehead atoms. The molecule has 1 aromatic rings. The number of phenolic OH excluding ortho intramolecular Hbond substituents is 2. The van der Waals surface area contributed by atoms with E-state index in [4.69, 9.17) is 10.9 Å². The van der Waals surface area contributed by atoms with Crippen LogP contribution in [0.25, 0.3) is 0 Å². The summed E-state index contributed by atoms with van der Waals surface area (Å²) in [7, 11) is 0. The number of nitrogens with zero attached hydrogens (tertiary/aromatic N) is 3. The Morgan fingerprint density at radius 2 is 1.90 bits per heavy atom. The Bertz CT molecular complexity index is 553. The summed E-state index contributed by atoms with van der Waals surface area (Å²) in [5, 5.41) is 30.4. The molecule has 0 aliphatic carbocycles. The Morgan fingerprint density at radius 3 is 2.48 bits per heavy atom. The number of aromatic hydroxyl groups is 2. The van der Waals surface area contributed by atoms with Crippen LogP contribution >= 0.6 is 0 Å². The van der Waals surface area contributed by atoms with Gasteiger partial charge in [0, 0.05) is 32.2 Å². The molecular weight excluding hydrogens is 276 g/mol. The Morgan fingerprint density at radius 1 is 1.24 bits per heavy atom. The number of hydrogen-bond donors (Lipinski definition) is 4. The van der Waals surface area contributed by atoms with Gasteiger partial charge in [0.05, 0.1) is 12.1 Å². The third kappa shape index (κ3) is 3.54. The third-order valence-electron chi connectivity index (χ3n) is 3.39. The van der Waals surface area contributed by atoms with Crippen molar-refractivity contribution in [3.63, 3.8) is 0 Å². The topological polar surface area (TPSA) is 123 Å². The van der Waals surface area contributed by atoms with Gasteiger partial charge in [0.25, 0.3) is 5.91 Å². The zero-order valence-electron chi connectivity index (χ0n) is 11.4. The molecule has 0 unspecified atom stereocenters. The molecule has 5 N–H and O–H groups in total. The number of carbonyl (C=O) groups excluding carboxylic acids is 1. The number of hydrogen-bond acceptors (Lipinski definition) is 6. The van der Waals surface area contributed by atoms with Gasteiger partial charge in [-0.05, 0) is 12.1 Å². The van der Waals surface area contributed by atoms with Crippen molar-refractivity contribution in [2.75, 3.05) is 32.7 Å². The second-order valence-electron chi connectivity index (χ2n) is 4.86. The molecule has 0 atom stereocenters. The Hall–Kier alpha value is -2.48. The first-order valence-electron chi connectivity index (χ1n) is 6.51. The molecule has 0 saturated carbocycles. The van der Waals surface area contributed by atoms with E-state index in [2.05, 4.69) is 5.16 Å². The van der Waals surface area contributed by atoms with Crippen LogP contribution in [0.2, 0.25) is 0 Å². The van der Waals surface area contributed by atoms with Gasteiger partial charge in [-0.15, -0.1) is 0 Å². The zero-order valence-corrected chi connectivity index (χ0v) is 11.4. The number of benzene rings is 1. The standard InChI is InChI=1S/C13H18N4O4/c14-12(15-21)8-16-3-5-17(6-4-16)13(20)10-2-1-9(18)7-11(10)19/h1-2,7,18-19,21H,3-6,8H2,(H2,14,15). The molecule has 114 valence electrons. The van der Waals surface area contributed by atoms with Crippen LogP contribution in [0.3, 0.4) is 0 Å². The summed E-state index contributed by atoms with van der Waals surface area (Å²) in [5.74, 6) is -0.478. The second-order valence-corrected chi connectivity index (χ2v) is 4.86. The second kappa shape index (κ2) is 6.31. The van der Waals surface area contributed by atoms with E-state index in [-0.39, 0.29) is 28.8 Å². The molecule has 1 saturated heterocycles. The lowest BCUT2D eigenvalue weighted by atomic mass is 10.1. The third-order valence-corrected chi connectivity index (χ3v) is 3.39. The summed E-state index contributed by atoms with van der Waals surface area (Å²) in [5.41, 5.74) is 5.61. The highest BCUT2D eigenvalue weighted by Crippen LogP contribution is 2.24. The van der Waals surface area contributed by atoms with Gasteiger partial charge >= 0.3 is 0 Å². The van der Waals surface area contributed by atoms with Crippen LogP contribution in [0.5, 0.6) is 11.5 Å². The van der Waals surface area contributed by atoms with Crippen LogP contribution in [-0.2, 0) is 0 Å². The molecule has 0 radical (unpaired) electrons. The maximum absolute atomic E-state index is 12.3. The van der Waals surface area contributed by atoms with Gasteiger partial charge in [-0.2, -0.15) is 0 Å². The lowest BCUT2D eigenvalue weighted by Crippen LogP contribution is -2.50. The summed E-state index contributed by atoms with van der Waals surface area (Å²) in [6.07, 6.45) is 0. The van der Waals surface area contributed by atoms with E-state index >= 15 is 0 Å². The molecule has 1 aliphatic heterocycles. The number of amides is 1. The minimum Gasteiger partial charge on any atom is -0.508 e. The van der Waals surface area contributed by atoms with Gasteiger partial charge < -0.3 is 26.1 Å². The van der Waals surface area contributed by atoms with Crippen LogP contribution in [0, 0.1) is 0 Å². The van der Waals surface area contributed by atoms with Gasteiger partial charge in [-0.3, -0.25) is 9.69 Å². The number of rotatable bonds is 3. The van der Waals surface area contributed by atoms with Crippen molar-refractivity contribution in [2.45, 2.75) is 0 Å². The summed E-state index contributed by atoms with van der Waals surface area (Å²) in [6, 6.07) is 3.90. The predicted octanol–water partition coefficient (Wildman–Crippen LogP) is -0.398. The quantitative estimate of drug-likeness (QED) is 0.260. The first kappa shape index (κ1) is 14.9. The summed E-state index contributed by atoms with van der Waals surface area (Å²) in [6.45, 7) is 2.51. The number of oxime groups is 1. The first-order valence-corrected chi connectivity index (χ1v) is 6.51. The van der Waals surface area contributed by atoms with Gasteiger partial charge in [-0.1, -0.05) is 5.16 Å². The molecule has 1 aliphatic rings. The van der Waals surface area contributed by atoms with Crippen molar-refractivity contribution in [1.82, 2.24) is 9.80 Å². The van der Waals surface area contributed by atoms with Crippen LogP contribution in [0.15, 0.2) is 23.4 Å². The highest BCUT2D eigenvalue weighted by Gasteiger charge is 2.24. The Kier molecular flexibility index (Phi) is 4.49. The zero-order chi connectivity index (χ0) is 15.4. The summed E-state index contributed by atoms with van der Waals surface area (Å²) < 4.78 is 0. The number of nitrogens with two attached hydrogens (primary N) is 1. The number of phenols is 2. The van der Waals surface area contributed by atoms with Gasteiger partial charge in [0.1, 0.15) is 11.5 Å². The maximum atomic E-state index is 12.3. The van der Waals surface area contributed by atoms with E-state index in [9.17, 15) is 15.0 Å². The number of piperazine rings is 1. The van der Waals surface area contributed by atoms with Crippen molar-refractivity contribution < 1.29 is 20.2 Å². The molecule has 1 fully saturated rings. The molecule has 1 amide bonds. The monoisotopic (exact) mass is 294 g/mol.